The third kappa shape index (κ3) is 9.32. The van der Waals surface area contributed by atoms with Gasteiger partial charge >= 0.3 is 6.09 Å². The van der Waals surface area contributed by atoms with Gasteiger partial charge in [0, 0.05) is 14.1 Å². The number of nitrogens with zero attached hydrogens (tertiary/aromatic N) is 1. The van der Waals surface area contributed by atoms with Crippen LogP contribution in [-0.2, 0) is 4.74 Å². The summed E-state index contributed by atoms with van der Waals surface area (Å²) in [7, 11) is 3.51. The molecule has 0 bridgehead atoms. The van der Waals surface area contributed by atoms with E-state index in [9.17, 15) is 4.79 Å². The van der Waals surface area contributed by atoms with E-state index in [1.165, 1.54) is 62.7 Å². The van der Waals surface area contributed by atoms with Crippen LogP contribution in [0.25, 0.3) is 0 Å². The quantitative estimate of drug-likeness (QED) is 0.421. The fourth-order valence-corrected chi connectivity index (χ4v) is 2.96. The molecule has 0 fully saturated rings. The molecule has 0 aliphatic heterocycles. The highest BCUT2D eigenvalue weighted by Gasteiger charge is 2.28. The van der Waals surface area contributed by atoms with Gasteiger partial charge in [-0.3, -0.25) is 0 Å². The Morgan fingerprint density at radius 3 is 1.86 bits per heavy atom. The molecule has 0 aliphatic rings. The van der Waals surface area contributed by atoms with E-state index in [-0.39, 0.29) is 12.2 Å². The number of rotatable bonds is 12. The highest BCUT2D eigenvalue weighted by atomic mass is 16.6. The second-order valence-corrected chi connectivity index (χ2v) is 7.09. The maximum absolute atomic E-state index is 12.0. The molecule has 0 aromatic rings. The Morgan fingerprint density at radius 1 is 0.909 bits per heavy atom. The van der Waals surface area contributed by atoms with E-state index in [0.717, 1.165) is 0 Å². The SMILES string of the molecule is CCCCCCC(CCCCC)C(OC(=O)N(C)C)C(C)C. The van der Waals surface area contributed by atoms with Crippen LogP contribution in [0, 0.1) is 11.8 Å². The maximum Gasteiger partial charge on any atom is 0.409 e. The second kappa shape index (κ2) is 12.8. The first-order valence-electron chi connectivity index (χ1n) is 9.31. The summed E-state index contributed by atoms with van der Waals surface area (Å²) in [5.74, 6) is 0.883. The summed E-state index contributed by atoms with van der Waals surface area (Å²) in [5.41, 5.74) is 0. The molecule has 3 heteroatoms. The van der Waals surface area contributed by atoms with E-state index in [4.69, 9.17) is 4.74 Å². The molecule has 0 spiro atoms. The molecular formula is C19H39NO2. The topological polar surface area (TPSA) is 29.5 Å². The fraction of sp³-hybridized carbons (Fsp3) is 0.947. The molecule has 0 saturated heterocycles. The maximum atomic E-state index is 12.0. The van der Waals surface area contributed by atoms with Crippen LogP contribution in [0.2, 0.25) is 0 Å². The van der Waals surface area contributed by atoms with Gasteiger partial charge in [0.1, 0.15) is 6.10 Å². The van der Waals surface area contributed by atoms with Crippen molar-refractivity contribution < 1.29 is 9.53 Å². The smallest absolute Gasteiger partial charge is 0.409 e. The average molecular weight is 314 g/mol. The Morgan fingerprint density at radius 2 is 1.41 bits per heavy atom. The van der Waals surface area contributed by atoms with Crippen LogP contribution in [-0.4, -0.2) is 31.2 Å². The van der Waals surface area contributed by atoms with Crippen LogP contribution >= 0.6 is 0 Å². The minimum atomic E-state index is -0.201. The minimum Gasteiger partial charge on any atom is -0.446 e. The summed E-state index contributed by atoms with van der Waals surface area (Å²) in [6.07, 6.45) is 11.1. The summed E-state index contributed by atoms with van der Waals surface area (Å²) in [5, 5.41) is 0. The lowest BCUT2D eigenvalue weighted by Gasteiger charge is -2.31. The molecule has 0 rings (SSSR count). The molecule has 0 radical (unpaired) electrons. The summed E-state index contributed by atoms with van der Waals surface area (Å²) >= 11 is 0. The van der Waals surface area contributed by atoms with E-state index in [2.05, 4.69) is 27.7 Å². The molecule has 22 heavy (non-hydrogen) atoms. The second-order valence-electron chi connectivity index (χ2n) is 7.09. The van der Waals surface area contributed by atoms with Crippen LogP contribution in [0.1, 0.15) is 85.5 Å². The van der Waals surface area contributed by atoms with Gasteiger partial charge in [-0.25, -0.2) is 4.79 Å². The van der Waals surface area contributed by atoms with Gasteiger partial charge in [-0.2, -0.15) is 0 Å². The van der Waals surface area contributed by atoms with Gasteiger partial charge in [0.05, 0.1) is 0 Å². The van der Waals surface area contributed by atoms with Crippen molar-refractivity contribution in [3.8, 4) is 0 Å². The lowest BCUT2D eigenvalue weighted by Crippen LogP contribution is -2.36. The Kier molecular flexibility index (Phi) is 12.4. The van der Waals surface area contributed by atoms with Crippen molar-refractivity contribution in [1.82, 2.24) is 4.90 Å². The molecular weight excluding hydrogens is 274 g/mol. The molecule has 0 aliphatic carbocycles. The van der Waals surface area contributed by atoms with Crippen molar-refractivity contribution in [2.45, 2.75) is 91.6 Å². The van der Waals surface area contributed by atoms with Crippen LogP contribution in [0.3, 0.4) is 0 Å². The van der Waals surface area contributed by atoms with Crippen molar-refractivity contribution in [3.05, 3.63) is 0 Å². The monoisotopic (exact) mass is 313 g/mol. The summed E-state index contributed by atoms with van der Waals surface area (Å²) in [6, 6.07) is 0. The van der Waals surface area contributed by atoms with Crippen LogP contribution in [0.5, 0.6) is 0 Å². The highest BCUT2D eigenvalue weighted by molar-refractivity contribution is 5.67. The average Bonchev–Trinajstić information content (AvgIpc) is 2.47. The molecule has 0 saturated carbocycles. The van der Waals surface area contributed by atoms with E-state index in [1.807, 2.05) is 0 Å². The normalized spacial score (nSPS) is 14.0. The minimum absolute atomic E-state index is 0.0494. The van der Waals surface area contributed by atoms with E-state index < -0.39 is 0 Å². The van der Waals surface area contributed by atoms with E-state index >= 15 is 0 Å². The zero-order chi connectivity index (χ0) is 17.0. The van der Waals surface area contributed by atoms with Crippen molar-refractivity contribution in [2.24, 2.45) is 11.8 Å². The first-order chi connectivity index (χ1) is 10.4. The van der Waals surface area contributed by atoms with Crippen molar-refractivity contribution >= 4 is 6.09 Å². The number of carbonyl (C=O) groups is 1. The van der Waals surface area contributed by atoms with Crippen LogP contribution < -0.4 is 0 Å². The van der Waals surface area contributed by atoms with Gasteiger partial charge in [-0.05, 0) is 24.7 Å². The standard InChI is InChI=1S/C19H39NO2/c1-7-9-11-13-15-17(14-12-10-8-2)18(16(3)4)22-19(21)20(5)6/h16-18H,7-15H2,1-6H3. The number of hydrogen-bond donors (Lipinski definition) is 0. The Hall–Kier alpha value is -0.730. The fourth-order valence-electron chi connectivity index (χ4n) is 2.96. The molecule has 0 N–H and O–H groups in total. The van der Waals surface area contributed by atoms with Crippen molar-refractivity contribution in [1.29, 1.82) is 0 Å². The van der Waals surface area contributed by atoms with E-state index in [1.54, 1.807) is 14.1 Å². The Bertz CT molecular complexity index is 277. The third-order valence-electron chi connectivity index (χ3n) is 4.33. The molecule has 132 valence electrons. The molecule has 2 atom stereocenters. The highest BCUT2D eigenvalue weighted by Crippen LogP contribution is 2.28. The predicted octanol–water partition coefficient (Wildman–Crippen LogP) is 5.88. The zero-order valence-electron chi connectivity index (χ0n) is 15.9. The van der Waals surface area contributed by atoms with Crippen molar-refractivity contribution in [2.75, 3.05) is 14.1 Å². The molecule has 2 unspecified atom stereocenters. The molecule has 0 aromatic heterocycles. The van der Waals surface area contributed by atoms with Crippen LogP contribution in [0.4, 0.5) is 4.79 Å². The number of carbonyl (C=O) groups excluding carboxylic acids is 1. The van der Waals surface area contributed by atoms with Crippen LogP contribution in [0.15, 0.2) is 0 Å². The van der Waals surface area contributed by atoms with Gasteiger partial charge in [-0.15, -0.1) is 0 Å². The van der Waals surface area contributed by atoms with E-state index in [0.29, 0.717) is 11.8 Å². The molecule has 3 nitrogen and oxygen atoms in total. The van der Waals surface area contributed by atoms with Crippen molar-refractivity contribution in [3.63, 3.8) is 0 Å². The lowest BCUT2D eigenvalue weighted by molar-refractivity contribution is 0.0108. The number of hydrogen-bond acceptors (Lipinski definition) is 2. The molecule has 1 amide bonds. The number of amides is 1. The Labute approximate surface area is 138 Å². The van der Waals surface area contributed by atoms with Gasteiger partial charge in [0.15, 0.2) is 0 Å². The molecule has 0 aromatic carbocycles. The van der Waals surface area contributed by atoms with Gasteiger partial charge in [0.2, 0.25) is 0 Å². The Balaban J connectivity index is 4.66. The summed E-state index contributed by atoms with van der Waals surface area (Å²) < 4.78 is 5.81. The van der Waals surface area contributed by atoms with Gasteiger partial charge in [0.25, 0.3) is 0 Å². The lowest BCUT2D eigenvalue weighted by atomic mass is 9.85. The van der Waals surface area contributed by atoms with Gasteiger partial charge < -0.3 is 9.64 Å². The largest absolute Gasteiger partial charge is 0.446 e. The summed E-state index contributed by atoms with van der Waals surface area (Å²) in [4.78, 5) is 13.5. The first-order valence-corrected chi connectivity index (χ1v) is 9.31. The number of ether oxygens (including phenoxy) is 1. The third-order valence-corrected chi connectivity index (χ3v) is 4.33. The number of unbranched alkanes of at least 4 members (excludes halogenated alkanes) is 5. The first kappa shape index (κ1) is 21.3. The van der Waals surface area contributed by atoms with Gasteiger partial charge in [-0.1, -0.05) is 72.6 Å². The predicted molar refractivity (Wildman–Crippen MR) is 95.2 cm³/mol. The zero-order valence-corrected chi connectivity index (χ0v) is 15.9. The summed E-state index contributed by atoms with van der Waals surface area (Å²) in [6.45, 7) is 8.83. The molecule has 0 heterocycles.